The van der Waals surface area contributed by atoms with Crippen LogP contribution >= 0.6 is 11.6 Å². The highest BCUT2D eigenvalue weighted by atomic mass is 35.5. The van der Waals surface area contributed by atoms with Gasteiger partial charge in [-0.15, -0.1) is 0 Å². The number of ether oxygens (including phenoxy) is 1. The van der Waals surface area contributed by atoms with Crippen LogP contribution in [0.5, 0.6) is 5.75 Å². The molecule has 0 radical (unpaired) electrons. The fourth-order valence-electron chi connectivity index (χ4n) is 2.82. The van der Waals surface area contributed by atoms with E-state index in [1.165, 1.54) is 0 Å². The first kappa shape index (κ1) is 14.8. The number of hydrogen-bond acceptors (Lipinski definition) is 3. The molecule has 1 heterocycles. The molecule has 0 unspecified atom stereocenters. The van der Waals surface area contributed by atoms with Crippen LogP contribution in [0, 0.1) is 0 Å². The summed E-state index contributed by atoms with van der Waals surface area (Å²) in [5, 5.41) is 6.22. The first-order valence-electron chi connectivity index (χ1n) is 7.64. The molecule has 3 nitrogen and oxygen atoms in total. The van der Waals surface area contributed by atoms with Gasteiger partial charge >= 0.3 is 0 Å². The van der Waals surface area contributed by atoms with Crippen LogP contribution in [0.4, 0.5) is 11.4 Å². The van der Waals surface area contributed by atoms with Crippen molar-refractivity contribution in [2.24, 2.45) is 0 Å². The van der Waals surface area contributed by atoms with Gasteiger partial charge in [-0.2, -0.15) is 0 Å². The number of nitrogens with one attached hydrogen (secondary N) is 1. The molecule has 0 atom stereocenters. The third kappa shape index (κ3) is 2.63. The standard InChI is InChI=1S/C20H15ClN2O/c1-24-15-8-10-18-17(12-15)20(22-14-5-3-2-4-6-14)16-9-7-13(21)11-19(16)23-18/h2-12H,1H3,(H,22,23). The van der Waals surface area contributed by atoms with E-state index in [9.17, 15) is 0 Å². The van der Waals surface area contributed by atoms with Crippen LogP contribution in [0.3, 0.4) is 0 Å². The summed E-state index contributed by atoms with van der Waals surface area (Å²) in [6.45, 7) is 0. The third-order valence-corrected chi connectivity index (χ3v) is 4.22. The molecule has 1 aromatic heterocycles. The highest BCUT2D eigenvalue weighted by molar-refractivity contribution is 6.31. The number of benzene rings is 3. The van der Waals surface area contributed by atoms with Gasteiger partial charge in [0.2, 0.25) is 0 Å². The minimum atomic E-state index is 0.675. The molecule has 4 heteroatoms. The van der Waals surface area contributed by atoms with Gasteiger partial charge in [-0.1, -0.05) is 29.8 Å². The summed E-state index contributed by atoms with van der Waals surface area (Å²) in [7, 11) is 1.67. The minimum absolute atomic E-state index is 0.675. The van der Waals surface area contributed by atoms with E-state index in [0.29, 0.717) is 5.02 Å². The quantitative estimate of drug-likeness (QED) is 0.481. The van der Waals surface area contributed by atoms with Crippen molar-refractivity contribution in [2.75, 3.05) is 12.4 Å². The van der Waals surface area contributed by atoms with E-state index in [0.717, 1.165) is 38.9 Å². The number of para-hydroxylation sites is 1. The number of nitrogens with zero attached hydrogens (tertiary/aromatic N) is 1. The average molecular weight is 335 g/mol. The lowest BCUT2D eigenvalue weighted by Crippen LogP contribution is -1.96. The van der Waals surface area contributed by atoms with Crippen molar-refractivity contribution in [2.45, 2.75) is 0 Å². The Morgan fingerprint density at radius 2 is 1.71 bits per heavy atom. The fourth-order valence-corrected chi connectivity index (χ4v) is 2.99. The second-order valence-electron chi connectivity index (χ2n) is 5.52. The lowest BCUT2D eigenvalue weighted by molar-refractivity contribution is 0.415. The zero-order valence-corrected chi connectivity index (χ0v) is 13.8. The molecule has 0 saturated carbocycles. The number of pyridine rings is 1. The second-order valence-corrected chi connectivity index (χ2v) is 5.96. The molecule has 3 aromatic carbocycles. The van der Waals surface area contributed by atoms with Gasteiger partial charge in [-0.25, -0.2) is 4.98 Å². The molecule has 0 aliphatic carbocycles. The summed E-state index contributed by atoms with van der Waals surface area (Å²) in [5.41, 5.74) is 3.77. The van der Waals surface area contributed by atoms with Crippen molar-refractivity contribution < 1.29 is 4.74 Å². The molecule has 118 valence electrons. The molecular formula is C20H15ClN2O. The molecule has 4 rings (SSSR count). The zero-order chi connectivity index (χ0) is 16.5. The van der Waals surface area contributed by atoms with E-state index in [1.807, 2.05) is 66.7 Å². The second kappa shape index (κ2) is 6.02. The van der Waals surface area contributed by atoms with Crippen LogP contribution in [-0.4, -0.2) is 12.1 Å². The predicted molar refractivity (Wildman–Crippen MR) is 101 cm³/mol. The molecule has 24 heavy (non-hydrogen) atoms. The summed E-state index contributed by atoms with van der Waals surface area (Å²) < 4.78 is 5.38. The first-order valence-corrected chi connectivity index (χ1v) is 8.01. The van der Waals surface area contributed by atoms with Gasteiger partial charge in [0.1, 0.15) is 5.75 Å². The molecule has 0 bridgehead atoms. The molecule has 0 fully saturated rings. The molecule has 0 spiro atoms. The average Bonchev–Trinajstić information content (AvgIpc) is 2.62. The van der Waals surface area contributed by atoms with Gasteiger partial charge in [0.05, 0.1) is 23.8 Å². The van der Waals surface area contributed by atoms with Crippen molar-refractivity contribution in [1.29, 1.82) is 0 Å². The van der Waals surface area contributed by atoms with Crippen LogP contribution < -0.4 is 10.1 Å². The molecule has 0 saturated heterocycles. The van der Waals surface area contributed by atoms with Crippen molar-refractivity contribution in [3.05, 3.63) is 71.8 Å². The van der Waals surface area contributed by atoms with Crippen molar-refractivity contribution in [3.8, 4) is 5.75 Å². The predicted octanol–water partition coefficient (Wildman–Crippen LogP) is 5.79. The number of anilines is 2. The lowest BCUT2D eigenvalue weighted by atomic mass is 10.1. The Bertz CT molecular complexity index is 1030. The first-order chi connectivity index (χ1) is 11.7. The van der Waals surface area contributed by atoms with Gasteiger partial charge < -0.3 is 10.1 Å². The maximum absolute atomic E-state index is 6.15. The summed E-state index contributed by atoms with van der Waals surface area (Å²) in [6.07, 6.45) is 0. The van der Waals surface area contributed by atoms with E-state index < -0.39 is 0 Å². The SMILES string of the molecule is COc1ccc2nc3cc(Cl)ccc3c(Nc3ccccc3)c2c1. The maximum atomic E-state index is 6.15. The summed E-state index contributed by atoms with van der Waals surface area (Å²) in [5.74, 6) is 0.800. The van der Waals surface area contributed by atoms with Gasteiger partial charge in [-0.05, 0) is 48.5 Å². The van der Waals surface area contributed by atoms with Gasteiger partial charge in [-0.3, -0.25) is 0 Å². The Labute approximate surface area is 144 Å². The number of hydrogen-bond donors (Lipinski definition) is 1. The highest BCUT2D eigenvalue weighted by Crippen LogP contribution is 2.35. The van der Waals surface area contributed by atoms with E-state index in [1.54, 1.807) is 7.11 Å². The summed E-state index contributed by atoms with van der Waals surface area (Å²) in [4.78, 5) is 4.74. The van der Waals surface area contributed by atoms with Crippen LogP contribution in [0.1, 0.15) is 0 Å². The molecule has 0 amide bonds. The molecule has 0 aliphatic heterocycles. The normalized spacial score (nSPS) is 10.9. The van der Waals surface area contributed by atoms with E-state index >= 15 is 0 Å². The topological polar surface area (TPSA) is 34.1 Å². The highest BCUT2D eigenvalue weighted by Gasteiger charge is 2.11. The molecule has 0 aliphatic rings. The monoisotopic (exact) mass is 334 g/mol. The summed E-state index contributed by atoms with van der Waals surface area (Å²) >= 11 is 6.15. The Morgan fingerprint density at radius 3 is 2.50 bits per heavy atom. The van der Waals surface area contributed by atoms with E-state index in [4.69, 9.17) is 21.3 Å². The van der Waals surface area contributed by atoms with Crippen LogP contribution in [0.2, 0.25) is 5.02 Å². The number of fused-ring (bicyclic) bond motifs is 2. The third-order valence-electron chi connectivity index (χ3n) is 3.99. The minimum Gasteiger partial charge on any atom is -0.497 e. The Hall–Kier alpha value is -2.78. The van der Waals surface area contributed by atoms with Crippen molar-refractivity contribution >= 4 is 44.8 Å². The van der Waals surface area contributed by atoms with Gasteiger partial charge in [0.15, 0.2) is 0 Å². The largest absolute Gasteiger partial charge is 0.497 e. The van der Waals surface area contributed by atoms with Gasteiger partial charge in [0.25, 0.3) is 0 Å². The molecule has 4 aromatic rings. The molecule has 1 N–H and O–H groups in total. The molecular weight excluding hydrogens is 320 g/mol. The Kier molecular flexibility index (Phi) is 3.71. The zero-order valence-electron chi connectivity index (χ0n) is 13.1. The van der Waals surface area contributed by atoms with Crippen LogP contribution in [0.15, 0.2) is 66.7 Å². The summed E-state index contributed by atoms with van der Waals surface area (Å²) in [6, 6.07) is 21.7. The number of halogens is 1. The number of rotatable bonds is 3. The maximum Gasteiger partial charge on any atom is 0.119 e. The lowest BCUT2D eigenvalue weighted by Gasteiger charge is -2.14. The fraction of sp³-hybridized carbons (Fsp3) is 0.0500. The van der Waals surface area contributed by atoms with Gasteiger partial charge in [0, 0.05) is 21.5 Å². The van der Waals surface area contributed by atoms with E-state index in [-0.39, 0.29) is 0 Å². The van der Waals surface area contributed by atoms with Crippen LogP contribution in [0.25, 0.3) is 21.8 Å². The van der Waals surface area contributed by atoms with Crippen LogP contribution in [-0.2, 0) is 0 Å². The Balaban J connectivity index is 2.03. The number of aromatic nitrogens is 1. The smallest absolute Gasteiger partial charge is 0.119 e. The van der Waals surface area contributed by atoms with E-state index in [2.05, 4.69) is 5.32 Å². The number of methoxy groups -OCH3 is 1. The Morgan fingerprint density at radius 1 is 0.875 bits per heavy atom. The van der Waals surface area contributed by atoms with Crippen molar-refractivity contribution in [1.82, 2.24) is 4.98 Å². The van der Waals surface area contributed by atoms with Crippen molar-refractivity contribution in [3.63, 3.8) is 0 Å².